The van der Waals surface area contributed by atoms with Crippen LogP contribution in [0.4, 0.5) is 0 Å². The van der Waals surface area contributed by atoms with Crippen molar-refractivity contribution in [3.05, 3.63) is 65.7 Å². The maximum Gasteiger partial charge on any atom is 0.314 e. The minimum absolute atomic E-state index is 0.122. The van der Waals surface area contributed by atoms with E-state index in [4.69, 9.17) is 9.47 Å². The van der Waals surface area contributed by atoms with E-state index >= 15 is 0 Å². The molecule has 5 heteroatoms. The summed E-state index contributed by atoms with van der Waals surface area (Å²) in [6, 6.07) is 17.0. The maximum atomic E-state index is 12.6. The highest BCUT2D eigenvalue weighted by atomic mass is 16.5. The van der Waals surface area contributed by atoms with Crippen molar-refractivity contribution in [3.63, 3.8) is 0 Å². The lowest BCUT2D eigenvalue weighted by atomic mass is 9.86. The summed E-state index contributed by atoms with van der Waals surface area (Å²) in [6.07, 6.45) is 0.842. The zero-order valence-corrected chi connectivity index (χ0v) is 16.1. The third-order valence-corrected chi connectivity index (χ3v) is 4.64. The number of carbonyl (C=O) groups is 2. The van der Waals surface area contributed by atoms with Crippen molar-refractivity contribution in [1.82, 2.24) is 5.32 Å². The van der Waals surface area contributed by atoms with Crippen LogP contribution >= 0.6 is 0 Å². The zero-order chi connectivity index (χ0) is 19.6. The number of rotatable bonds is 9. The fourth-order valence-corrected chi connectivity index (χ4v) is 2.91. The summed E-state index contributed by atoms with van der Waals surface area (Å²) < 4.78 is 10.6. The average Bonchev–Trinajstić information content (AvgIpc) is 2.71. The number of esters is 1. The molecular formula is C22H27NO4. The number of benzene rings is 2. The van der Waals surface area contributed by atoms with Crippen LogP contribution in [0.2, 0.25) is 0 Å². The number of methoxy groups -OCH3 is 1. The Morgan fingerprint density at radius 3 is 2.37 bits per heavy atom. The van der Waals surface area contributed by atoms with Crippen LogP contribution in [0.1, 0.15) is 37.3 Å². The molecule has 0 saturated carbocycles. The lowest BCUT2D eigenvalue weighted by Gasteiger charge is -2.21. The minimum Gasteiger partial charge on any atom is -0.496 e. The fourth-order valence-electron chi connectivity index (χ4n) is 2.91. The van der Waals surface area contributed by atoms with E-state index < -0.39 is 0 Å². The molecule has 0 aromatic heterocycles. The Hall–Kier alpha value is -2.82. The van der Waals surface area contributed by atoms with Gasteiger partial charge < -0.3 is 14.8 Å². The van der Waals surface area contributed by atoms with Gasteiger partial charge in [0.1, 0.15) is 5.75 Å². The lowest BCUT2D eigenvalue weighted by molar-refractivity contribution is -0.151. The molecular weight excluding hydrogens is 342 g/mol. The first-order valence-corrected chi connectivity index (χ1v) is 9.17. The molecule has 2 aromatic rings. The first kappa shape index (κ1) is 20.5. The Bertz CT molecular complexity index is 745. The minimum atomic E-state index is -0.377. The molecule has 0 saturated heterocycles. The number of ether oxygens (including phenoxy) is 2. The van der Waals surface area contributed by atoms with Crippen molar-refractivity contribution in [2.75, 3.05) is 13.7 Å². The van der Waals surface area contributed by atoms with Crippen molar-refractivity contribution in [2.24, 2.45) is 5.92 Å². The Labute approximate surface area is 160 Å². The number of hydrogen-bond donors (Lipinski definition) is 1. The van der Waals surface area contributed by atoms with Gasteiger partial charge in [-0.3, -0.25) is 9.59 Å². The van der Waals surface area contributed by atoms with Crippen molar-refractivity contribution in [2.45, 2.75) is 32.7 Å². The highest BCUT2D eigenvalue weighted by molar-refractivity contribution is 5.83. The molecule has 1 amide bonds. The summed E-state index contributed by atoms with van der Waals surface area (Å²) in [5, 5.41) is 2.75. The van der Waals surface area contributed by atoms with Gasteiger partial charge in [0.05, 0.1) is 13.0 Å². The van der Waals surface area contributed by atoms with Crippen LogP contribution in [0.15, 0.2) is 54.6 Å². The van der Waals surface area contributed by atoms with Crippen molar-refractivity contribution in [3.8, 4) is 5.75 Å². The molecule has 144 valence electrons. The highest BCUT2D eigenvalue weighted by Crippen LogP contribution is 2.28. The molecule has 0 aliphatic carbocycles. The molecule has 0 spiro atoms. The van der Waals surface area contributed by atoms with Crippen LogP contribution in [-0.2, 0) is 20.9 Å². The van der Waals surface area contributed by atoms with Gasteiger partial charge in [0.15, 0.2) is 6.61 Å². The number of nitrogens with one attached hydrogen (secondary N) is 1. The first-order valence-electron chi connectivity index (χ1n) is 9.17. The first-order chi connectivity index (χ1) is 13.1. The van der Waals surface area contributed by atoms with E-state index in [1.54, 1.807) is 7.11 Å². The number of hydrogen-bond acceptors (Lipinski definition) is 4. The predicted octanol–water partition coefficient (Wildman–Crippen LogP) is 3.68. The van der Waals surface area contributed by atoms with E-state index in [2.05, 4.69) is 5.32 Å². The van der Waals surface area contributed by atoms with Gasteiger partial charge in [-0.05, 0) is 17.5 Å². The largest absolute Gasteiger partial charge is 0.496 e. The monoisotopic (exact) mass is 369 g/mol. The van der Waals surface area contributed by atoms with E-state index in [0.717, 1.165) is 17.5 Å². The average molecular weight is 369 g/mol. The van der Waals surface area contributed by atoms with Gasteiger partial charge in [0.2, 0.25) is 0 Å². The topological polar surface area (TPSA) is 64.6 Å². The number of carbonyl (C=O) groups excluding carboxylic acids is 2. The molecule has 27 heavy (non-hydrogen) atoms. The molecule has 0 unspecified atom stereocenters. The van der Waals surface area contributed by atoms with Crippen LogP contribution < -0.4 is 10.1 Å². The van der Waals surface area contributed by atoms with Crippen LogP contribution in [-0.4, -0.2) is 25.6 Å². The van der Waals surface area contributed by atoms with Gasteiger partial charge in [-0.1, -0.05) is 68.8 Å². The molecule has 1 N–H and O–H groups in total. The molecule has 0 heterocycles. The predicted molar refractivity (Wildman–Crippen MR) is 104 cm³/mol. The summed E-state index contributed by atoms with van der Waals surface area (Å²) in [6.45, 7) is 4.07. The van der Waals surface area contributed by atoms with Crippen molar-refractivity contribution >= 4 is 11.9 Å². The quantitative estimate of drug-likeness (QED) is 0.685. The van der Waals surface area contributed by atoms with E-state index in [1.807, 2.05) is 68.4 Å². The zero-order valence-electron chi connectivity index (χ0n) is 16.1. The summed E-state index contributed by atoms with van der Waals surface area (Å²) in [5.41, 5.74) is 1.77. The van der Waals surface area contributed by atoms with Crippen molar-refractivity contribution in [1.29, 1.82) is 0 Å². The van der Waals surface area contributed by atoms with Crippen LogP contribution in [0.3, 0.4) is 0 Å². The summed E-state index contributed by atoms with van der Waals surface area (Å²) in [5.74, 6) is -0.265. The molecule has 2 aromatic carbocycles. The molecule has 0 radical (unpaired) electrons. The molecule has 2 atom stereocenters. The molecule has 0 bridgehead atoms. The summed E-state index contributed by atoms with van der Waals surface area (Å²) in [7, 11) is 1.58. The van der Waals surface area contributed by atoms with Gasteiger partial charge in [-0.25, -0.2) is 0 Å². The third kappa shape index (κ3) is 5.84. The normalized spacial score (nSPS) is 12.7. The third-order valence-electron chi connectivity index (χ3n) is 4.64. The summed E-state index contributed by atoms with van der Waals surface area (Å²) in [4.78, 5) is 24.7. The van der Waals surface area contributed by atoms with E-state index in [-0.39, 0.29) is 30.3 Å². The van der Waals surface area contributed by atoms with E-state index in [0.29, 0.717) is 12.3 Å². The molecule has 5 nitrogen and oxygen atoms in total. The second kappa shape index (κ2) is 10.4. The van der Waals surface area contributed by atoms with Crippen LogP contribution in [0.25, 0.3) is 0 Å². The van der Waals surface area contributed by atoms with Crippen molar-refractivity contribution < 1.29 is 19.1 Å². The molecule has 2 rings (SSSR count). The van der Waals surface area contributed by atoms with Crippen LogP contribution in [0.5, 0.6) is 5.75 Å². The maximum absolute atomic E-state index is 12.6. The Kier molecular flexibility index (Phi) is 7.86. The molecule has 0 aliphatic heterocycles. The Morgan fingerprint density at radius 2 is 1.70 bits per heavy atom. The van der Waals surface area contributed by atoms with Crippen LogP contribution in [0, 0.1) is 5.92 Å². The Morgan fingerprint density at radius 1 is 1.04 bits per heavy atom. The number of amides is 1. The fraction of sp³-hybridized carbons (Fsp3) is 0.364. The Balaban J connectivity index is 1.91. The van der Waals surface area contributed by atoms with Gasteiger partial charge in [0, 0.05) is 12.1 Å². The van der Waals surface area contributed by atoms with E-state index in [1.165, 1.54) is 0 Å². The van der Waals surface area contributed by atoms with E-state index in [9.17, 15) is 9.59 Å². The highest BCUT2D eigenvalue weighted by Gasteiger charge is 2.27. The van der Waals surface area contributed by atoms with Gasteiger partial charge in [0.25, 0.3) is 5.91 Å². The van der Waals surface area contributed by atoms with Gasteiger partial charge in [-0.15, -0.1) is 0 Å². The molecule has 0 fully saturated rings. The standard InChI is InChI=1S/C22H27NO4/c1-4-16(2)21(17-10-6-5-7-11-17)22(25)27-15-20(24)23-14-18-12-8-9-13-19(18)26-3/h5-13,16,21H,4,14-15H2,1-3H3,(H,23,24)/t16-,21-/m0/s1. The number of para-hydroxylation sites is 1. The smallest absolute Gasteiger partial charge is 0.314 e. The second-order valence-electron chi connectivity index (χ2n) is 6.47. The SMILES string of the molecule is CC[C@H](C)[C@H](C(=O)OCC(=O)NCc1ccccc1OC)c1ccccc1. The molecule has 0 aliphatic rings. The van der Waals surface area contributed by atoms with Gasteiger partial charge >= 0.3 is 5.97 Å². The summed E-state index contributed by atoms with van der Waals surface area (Å²) >= 11 is 0. The second-order valence-corrected chi connectivity index (χ2v) is 6.47. The van der Waals surface area contributed by atoms with Gasteiger partial charge in [-0.2, -0.15) is 0 Å². The lowest BCUT2D eigenvalue weighted by Crippen LogP contribution is -2.31.